The summed E-state index contributed by atoms with van der Waals surface area (Å²) < 4.78 is 6.48. The van der Waals surface area contributed by atoms with Crippen LogP contribution in [0.15, 0.2) is 53.9 Å². The number of carbonyl (C=O) groups is 2. The van der Waals surface area contributed by atoms with Crippen LogP contribution in [0.25, 0.3) is 5.82 Å². The zero-order chi connectivity index (χ0) is 18.6. The first-order valence-corrected chi connectivity index (χ1v) is 8.66. The Balaban J connectivity index is 1.40. The van der Waals surface area contributed by atoms with Crippen LogP contribution in [0.4, 0.5) is 0 Å². The van der Waals surface area contributed by atoms with E-state index in [4.69, 9.17) is 4.52 Å². The van der Waals surface area contributed by atoms with Crippen LogP contribution in [0.3, 0.4) is 0 Å². The highest BCUT2D eigenvalue weighted by molar-refractivity contribution is 5.95. The molecule has 1 aliphatic rings. The van der Waals surface area contributed by atoms with Crippen molar-refractivity contribution in [2.45, 2.75) is 18.9 Å². The third kappa shape index (κ3) is 3.57. The molecule has 0 spiro atoms. The molecule has 1 aliphatic heterocycles. The van der Waals surface area contributed by atoms with Gasteiger partial charge in [0.1, 0.15) is 18.4 Å². The molecule has 1 saturated heterocycles. The van der Waals surface area contributed by atoms with E-state index in [1.165, 1.54) is 6.26 Å². The van der Waals surface area contributed by atoms with Crippen LogP contribution in [0.1, 0.15) is 33.7 Å². The van der Waals surface area contributed by atoms with Crippen LogP contribution in [0.2, 0.25) is 0 Å². The number of rotatable bonds is 5. The van der Waals surface area contributed by atoms with Gasteiger partial charge in [-0.2, -0.15) is 0 Å². The van der Waals surface area contributed by atoms with Crippen molar-refractivity contribution in [2.75, 3.05) is 13.1 Å². The molecule has 9 nitrogen and oxygen atoms in total. The molecule has 3 aromatic heterocycles. The Morgan fingerprint density at radius 3 is 3.00 bits per heavy atom. The lowest BCUT2D eigenvalue weighted by atomic mass is 10.2. The Morgan fingerprint density at radius 2 is 2.22 bits per heavy atom. The molecule has 1 atom stereocenters. The van der Waals surface area contributed by atoms with E-state index in [0.717, 1.165) is 12.8 Å². The Morgan fingerprint density at radius 1 is 1.30 bits per heavy atom. The van der Waals surface area contributed by atoms with Crippen LogP contribution < -0.4 is 5.32 Å². The number of likely N-dealkylation sites (tertiary alicyclic amines) is 1. The molecule has 0 aliphatic carbocycles. The minimum Gasteiger partial charge on any atom is -0.364 e. The van der Waals surface area contributed by atoms with Gasteiger partial charge in [0.15, 0.2) is 5.69 Å². The van der Waals surface area contributed by atoms with E-state index in [1.54, 1.807) is 52.6 Å². The number of hydrogen-bond donors (Lipinski definition) is 1. The molecule has 4 heterocycles. The molecule has 0 radical (unpaired) electrons. The van der Waals surface area contributed by atoms with Gasteiger partial charge in [0.25, 0.3) is 11.8 Å². The van der Waals surface area contributed by atoms with Gasteiger partial charge in [-0.1, -0.05) is 5.16 Å². The molecule has 4 rings (SSSR count). The van der Waals surface area contributed by atoms with Gasteiger partial charge >= 0.3 is 0 Å². The number of nitrogens with zero attached hydrogens (tertiary/aromatic N) is 5. The van der Waals surface area contributed by atoms with Crippen molar-refractivity contribution in [3.05, 3.63) is 60.6 Å². The minimum absolute atomic E-state index is 0.0619. The summed E-state index contributed by atoms with van der Waals surface area (Å²) in [5, 5.41) is 6.62. The average Bonchev–Trinajstić information content (AvgIpc) is 3.47. The van der Waals surface area contributed by atoms with Crippen LogP contribution in [-0.4, -0.2) is 55.5 Å². The molecular weight excluding hydrogens is 348 g/mol. The lowest BCUT2D eigenvalue weighted by Gasteiger charge is -2.24. The molecular formula is C18H18N6O3. The first kappa shape index (κ1) is 17.0. The highest BCUT2D eigenvalue weighted by Crippen LogP contribution is 2.19. The van der Waals surface area contributed by atoms with E-state index >= 15 is 0 Å². The smallest absolute Gasteiger partial charge is 0.276 e. The van der Waals surface area contributed by atoms with Crippen molar-refractivity contribution < 1.29 is 14.1 Å². The van der Waals surface area contributed by atoms with Crippen LogP contribution in [0, 0.1) is 0 Å². The Kier molecular flexibility index (Phi) is 4.65. The van der Waals surface area contributed by atoms with Crippen molar-refractivity contribution in [3.8, 4) is 5.82 Å². The van der Waals surface area contributed by atoms with E-state index in [0.29, 0.717) is 24.5 Å². The molecule has 2 amide bonds. The summed E-state index contributed by atoms with van der Waals surface area (Å²) in [6.45, 7) is 1.03. The number of nitrogens with one attached hydrogen (secondary N) is 1. The summed E-state index contributed by atoms with van der Waals surface area (Å²) in [7, 11) is 0. The molecule has 3 aromatic rings. The maximum Gasteiger partial charge on any atom is 0.276 e. The molecule has 0 bridgehead atoms. The topological polar surface area (TPSA) is 106 Å². The maximum atomic E-state index is 12.5. The maximum absolute atomic E-state index is 12.5. The van der Waals surface area contributed by atoms with Crippen LogP contribution in [-0.2, 0) is 0 Å². The predicted molar refractivity (Wildman–Crippen MR) is 94.3 cm³/mol. The summed E-state index contributed by atoms with van der Waals surface area (Å²) in [4.78, 5) is 35.0. The SMILES string of the molecule is O=C(NC[C@H]1CCCN1C(=O)c1ccon1)c1ccnc(-n2ccnc2)c1. The first-order valence-electron chi connectivity index (χ1n) is 8.66. The minimum atomic E-state index is -0.209. The summed E-state index contributed by atoms with van der Waals surface area (Å²) >= 11 is 0. The van der Waals surface area contributed by atoms with Gasteiger partial charge in [-0.3, -0.25) is 14.2 Å². The molecule has 138 valence electrons. The summed E-state index contributed by atoms with van der Waals surface area (Å²) in [5.74, 6) is 0.232. The number of imidazole rings is 1. The fourth-order valence-electron chi connectivity index (χ4n) is 3.19. The van der Waals surface area contributed by atoms with Crippen molar-refractivity contribution in [3.63, 3.8) is 0 Å². The molecule has 9 heteroatoms. The van der Waals surface area contributed by atoms with Crippen molar-refractivity contribution in [2.24, 2.45) is 0 Å². The van der Waals surface area contributed by atoms with Gasteiger partial charge in [0.2, 0.25) is 0 Å². The molecule has 0 aromatic carbocycles. The number of aromatic nitrogens is 4. The second-order valence-corrected chi connectivity index (χ2v) is 6.26. The van der Waals surface area contributed by atoms with Crippen molar-refractivity contribution in [1.82, 2.24) is 29.9 Å². The molecule has 27 heavy (non-hydrogen) atoms. The van der Waals surface area contributed by atoms with Gasteiger partial charge in [-0.15, -0.1) is 0 Å². The zero-order valence-electron chi connectivity index (χ0n) is 14.5. The summed E-state index contributed by atoms with van der Waals surface area (Å²) in [6.07, 6.45) is 9.72. The van der Waals surface area contributed by atoms with Crippen molar-refractivity contribution in [1.29, 1.82) is 0 Å². The number of carbonyl (C=O) groups excluding carboxylic acids is 2. The molecule has 0 unspecified atom stereocenters. The van der Waals surface area contributed by atoms with E-state index in [-0.39, 0.29) is 23.6 Å². The fourth-order valence-corrected chi connectivity index (χ4v) is 3.19. The number of amides is 2. The van der Waals surface area contributed by atoms with Crippen LogP contribution in [0.5, 0.6) is 0 Å². The highest BCUT2D eigenvalue weighted by Gasteiger charge is 2.30. The largest absolute Gasteiger partial charge is 0.364 e. The predicted octanol–water partition coefficient (Wildman–Crippen LogP) is 1.29. The Labute approximate surface area is 155 Å². The first-order chi connectivity index (χ1) is 13.2. The van der Waals surface area contributed by atoms with Gasteiger partial charge in [0.05, 0.1) is 0 Å². The molecule has 0 saturated carbocycles. The third-order valence-corrected chi connectivity index (χ3v) is 4.57. The summed E-state index contributed by atoms with van der Waals surface area (Å²) in [5.41, 5.74) is 0.786. The lowest BCUT2D eigenvalue weighted by molar-refractivity contribution is 0.0715. The highest BCUT2D eigenvalue weighted by atomic mass is 16.5. The van der Waals surface area contributed by atoms with Gasteiger partial charge in [0, 0.05) is 49.4 Å². The zero-order valence-corrected chi connectivity index (χ0v) is 14.5. The summed E-state index contributed by atoms with van der Waals surface area (Å²) in [6, 6.07) is 4.84. The average molecular weight is 366 g/mol. The van der Waals surface area contributed by atoms with E-state index in [9.17, 15) is 9.59 Å². The normalized spacial score (nSPS) is 16.4. The second kappa shape index (κ2) is 7.40. The fraction of sp³-hybridized carbons (Fsp3) is 0.278. The quantitative estimate of drug-likeness (QED) is 0.729. The van der Waals surface area contributed by atoms with Gasteiger partial charge < -0.3 is 14.7 Å². The van der Waals surface area contributed by atoms with Crippen LogP contribution >= 0.6 is 0 Å². The van der Waals surface area contributed by atoms with E-state index in [2.05, 4.69) is 20.4 Å². The molecule has 1 N–H and O–H groups in total. The standard InChI is InChI=1S/C18H18N6O3/c25-17(13-3-5-20-16(10-13)23-8-6-19-12-23)21-11-14-2-1-7-24(14)18(26)15-4-9-27-22-15/h3-6,8-10,12,14H,1-2,7,11H2,(H,21,25)/t14-/m1/s1. The van der Waals surface area contributed by atoms with Gasteiger partial charge in [-0.05, 0) is 25.0 Å². The number of hydrogen-bond acceptors (Lipinski definition) is 6. The number of pyridine rings is 1. The Bertz CT molecular complexity index is 922. The monoisotopic (exact) mass is 366 g/mol. The van der Waals surface area contributed by atoms with E-state index < -0.39 is 0 Å². The molecule has 1 fully saturated rings. The Hall–Kier alpha value is -3.49. The van der Waals surface area contributed by atoms with Crippen molar-refractivity contribution >= 4 is 11.8 Å². The third-order valence-electron chi connectivity index (χ3n) is 4.57. The second-order valence-electron chi connectivity index (χ2n) is 6.26. The van der Waals surface area contributed by atoms with E-state index in [1.807, 2.05) is 0 Å². The lowest BCUT2D eigenvalue weighted by Crippen LogP contribution is -2.43. The van der Waals surface area contributed by atoms with Gasteiger partial charge in [-0.25, -0.2) is 9.97 Å².